The summed E-state index contributed by atoms with van der Waals surface area (Å²) >= 11 is 0. The van der Waals surface area contributed by atoms with E-state index in [-0.39, 0.29) is 10.6 Å². The Bertz CT molecular complexity index is 497. The van der Waals surface area contributed by atoms with Gasteiger partial charge in [0.05, 0.1) is 43.9 Å². The number of hydrogen-bond acceptors (Lipinski definition) is 4. The molecule has 0 saturated carbocycles. The average Bonchev–Trinajstić information content (AvgIpc) is 2.75. The number of methoxy groups -OCH3 is 2. The van der Waals surface area contributed by atoms with Gasteiger partial charge < -0.3 is 14.4 Å². The van der Waals surface area contributed by atoms with Crippen LogP contribution < -0.4 is 14.4 Å². The monoisotopic (exact) mass is 295 g/mol. The van der Waals surface area contributed by atoms with Crippen molar-refractivity contribution in [2.45, 2.75) is 32.2 Å². The van der Waals surface area contributed by atoms with Crippen molar-refractivity contribution in [3.63, 3.8) is 0 Å². The van der Waals surface area contributed by atoms with Crippen LogP contribution in [0, 0.1) is 10.1 Å². The normalized spacial score (nSPS) is 16.3. The first-order chi connectivity index (χ1) is 10.2. The molecule has 1 fully saturated rings. The molecule has 1 N–H and O–H groups in total. The molecule has 116 valence electrons. The molecule has 1 heterocycles. The van der Waals surface area contributed by atoms with Crippen molar-refractivity contribution in [1.29, 1.82) is 0 Å². The molecule has 6 heteroatoms. The molecular weight excluding hydrogens is 272 g/mol. The van der Waals surface area contributed by atoms with Gasteiger partial charge in [0.2, 0.25) is 0 Å². The van der Waals surface area contributed by atoms with Gasteiger partial charge in [0.25, 0.3) is 5.69 Å². The van der Waals surface area contributed by atoms with Gasteiger partial charge in [-0.2, -0.15) is 0 Å². The molecule has 0 unspecified atom stereocenters. The van der Waals surface area contributed by atoms with E-state index in [4.69, 9.17) is 9.47 Å². The zero-order valence-corrected chi connectivity index (χ0v) is 12.7. The lowest BCUT2D eigenvalue weighted by molar-refractivity contribution is -0.913. The Balaban J connectivity index is 2.29. The third-order valence-corrected chi connectivity index (χ3v) is 4.03. The molecule has 0 aliphatic carbocycles. The van der Waals surface area contributed by atoms with E-state index in [0.717, 1.165) is 18.7 Å². The van der Waals surface area contributed by atoms with E-state index in [9.17, 15) is 10.1 Å². The van der Waals surface area contributed by atoms with Crippen LogP contribution in [0.3, 0.4) is 0 Å². The first-order valence-corrected chi connectivity index (χ1v) is 7.38. The number of rotatable bonds is 5. The molecule has 1 saturated heterocycles. The zero-order valence-electron chi connectivity index (χ0n) is 12.7. The van der Waals surface area contributed by atoms with E-state index in [0.29, 0.717) is 18.0 Å². The maximum atomic E-state index is 11.3. The minimum absolute atomic E-state index is 0.115. The number of nitro benzene ring substituents is 1. The lowest BCUT2D eigenvalue weighted by Gasteiger charge is -2.18. The number of benzene rings is 1. The van der Waals surface area contributed by atoms with Crippen LogP contribution in [0.2, 0.25) is 0 Å². The van der Waals surface area contributed by atoms with Crippen LogP contribution >= 0.6 is 0 Å². The molecular formula is C15H23N2O4+. The summed E-state index contributed by atoms with van der Waals surface area (Å²) in [6.45, 7) is 2.81. The number of nitrogens with one attached hydrogen (secondary N) is 1. The van der Waals surface area contributed by atoms with Gasteiger partial charge >= 0.3 is 0 Å². The maximum absolute atomic E-state index is 11.3. The van der Waals surface area contributed by atoms with E-state index >= 15 is 0 Å². The summed E-state index contributed by atoms with van der Waals surface area (Å²) in [6, 6.07) is 3.21. The third-order valence-electron chi connectivity index (χ3n) is 4.03. The van der Waals surface area contributed by atoms with Gasteiger partial charge in [-0.05, 0) is 31.7 Å². The molecule has 21 heavy (non-hydrogen) atoms. The quantitative estimate of drug-likeness (QED) is 0.661. The fraction of sp³-hybridized carbons (Fsp3) is 0.600. The minimum atomic E-state index is -0.339. The fourth-order valence-corrected chi connectivity index (χ4v) is 2.90. The second kappa shape index (κ2) is 7.26. The largest absolute Gasteiger partial charge is 0.493 e. The van der Waals surface area contributed by atoms with Crippen LogP contribution in [0.5, 0.6) is 11.5 Å². The molecule has 2 rings (SSSR count). The molecule has 6 nitrogen and oxygen atoms in total. The highest BCUT2D eigenvalue weighted by atomic mass is 16.6. The van der Waals surface area contributed by atoms with Crippen LogP contribution in [0.25, 0.3) is 0 Å². The molecule has 0 atom stereocenters. The number of nitro groups is 1. The number of quaternary nitrogens is 1. The molecule has 0 bridgehead atoms. The summed E-state index contributed by atoms with van der Waals surface area (Å²) in [4.78, 5) is 12.4. The van der Waals surface area contributed by atoms with Gasteiger partial charge in [0.1, 0.15) is 6.54 Å². The first-order valence-electron chi connectivity index (χ1n) is 7.38. The smallest absolute Gasteiger partial charge is 0.282 e. The molecule has 0 spiro atoms. The summed E-state index contributed by atoms with van der Waals surface area (Å²) in [6.07, 6.45) is 4.90. The van der Waals surface area contributed by atoms with E-state index < -0.39 is 0 Å². The van der Waals surface area contributed by atoms with Gasteiger partial charge in [-0.3, -0.25) is 10.1 Å². The highest BCUT2D eigenvalue weighted by Crippen LogP contribution is 2.34. The average molecular weight is 295 g/mol. The van der Waals surface area contributed by atoms with Crippen molar-refractivity contribution in [2.75, 3.05) is 27.3 Å². The lowest BCUT2D eigenvalue weighted by Crippen LogP contribution is -3.10. The van der Waals surface area contributed by atoms with Gasteiger partial charge in [-0.15, -0.1) is 0 Å². The molecule has 1 aliphatic heterocycles. The van der Waals surface area contributed by atoms with Crippen LogP contribution in [0.1, 0.15) is 31.2 Å². The standard InChI is InChI=1S/C15H22N2O4/c1-20-14-9-12(11-16-7-5-3-4-6-8-16)13(17(18)19)10-15(14)21-2/h9-10H,3-8,11H2,1-2H3/p+1. The van der Waals surface area contributed by atoms with Crippen molar-refractivity contribution in [1.82, 2.24) is 0 Å². The second-order valence-corrected chi connectivity index (χ2v) is 5.43. The Hall–Kier alpha value is -1.82. The summed E-state index contributed by atoms with van der Waals surface area (Å²) in [5, 5.41) is 11.3. The second-order valence-electron chi connectivity index (χ2n) is 5.43. The van der Waals surface area contributed by atoms with Crippen LogP contribution in [-0.4, -0.2) is 32.2 Å². The van der Waals surface area contributed by atoms with Gasteiger partial charge in [0, 0.05) is 0 Å². The van der Waals surface area contributed by atoms with Gasteiger partial charge in [0.15, 0.2) is 11.5 Å². The van der Waals surface area contributed by atoms with Crippen molar-refractivity contribution >= 4 is 5.69 Å². The van der Waals surface area contributed by atoms with Crippen molar-refractivity contribution in [3.05, 3.63) is 27.8 Å². The Morgan fingerprint density at radius 3 is 2.19 bits per heavy atom. The fourth-order valence-electron chi connectivity index (χ4n) is 2.90. The highest BCUT2D eigenvalue weighted by molar-refractivity contribution is 5.54. The molecule has 1 aromatic rings. The van der Waals surface area contributed by atoms with Crippen LogP contribution in [0.4, 0.5) is 5.69 Å². The molecule has 0 radical (unpaired) electrons. The third kappa shape index (κ3) is 3.85. The van der Waals surface area contributed by atoms with Gasteiger partial charge in [-0.25, -0.2) is 0 Å². The van der Waals surface area contributed by atoms with E-state index in [2.05, 4.69) is 0 Å². The van der Waals surface area contributed by atoms with Crippen molar-refractivity contribution < 1.29 is 19.3 Å². The Morgan fingerprint density at radius 2 is 1.67 bits per heavy atom. The predicted octanol–water partition coefficient (Wildman–Crippen LogP) is 1.57. The molecule has 1 aromatic carbocycles. The van der Waals surface area contributed by atoms with Crippen molar-refractivity contribution in [3.8, 4) is 11.5 Å². The highest BCUT2D eigenvalue weighted by Gasteiger charge is 2.23. The van der Waals surface area contributed by atoms with Gasteiger partial charge in [-0.1, -0.05) is 0 Å². The van der Waals surface area contributed by atoms with E-state index in [1.165, 1.54) is 43.8 Å². The number of hydrogen-bond donors (Lipinski definition) is 1. The summed E-state index contributed by atoms with van der Waals surface area (Å²) in [5.41, 5.74) is 0.832. The lowest BCUT2D eigenvalue weighted by atomic mass is 10.1. The Morgan fingerprint density at radius 1 is 1.10 bits per heavy atom. The summed E-state index contributed by atoms with van der Waals surface area (Å²) in [7, 11) is 3.04. The van der Waals surface area contributed by atoms with E-state index in [1.54, 1.807) is 13.2 Å². The predicted molar refractivity (Wildman–Crippen MR) is 79.1 cm³/mol. The number of likely N-dealkylation sites (tertiary alicyclic amines) is 1. The number of ether oxygens (including phenoxy) is 2. The van der Waals surface area contributed by atoms with E-state index in [1.807, 2.05) is 0 Å². The van der Waals surface area contributed by atoms with Crippen LogP contribution in [-0.2, 0) is 6.54 Å². The number of nitrogens with zero attached hydrogens (tertiary/aromatic N) is 1. The molecule has 1 aliphatic rings. The van der Waals surface area contributed by atoms with Crippen molar-refractivity contribution in [2.24, 2.45) is 0 Å². The zero-order chi connectivity index (χ0) is 15.2. The Kier molecular flexibility index (Phi) is 5.38. The summed E-state index contributed by atoms with van der Waals surface area (Å²) in [5.74, 6) is 0.950. The summed E-state index contributed by atoms with van der Waals surface area (Å²) < 4.78 is 10.4. The first kappa shape index (κ1) is 15.6. The van der Waals surface area contributed by atoms with Crippen LogP contribution in [0.15, 0.2) is 12.1 Å². The maximum Gasteiger partial charge on any atom is 0.282 e. The topological polar surface area (TPSA) is 66.0 Å². The SMILES string of the molecule is COc1cc(C[NH+]2CCCCCC2)c([N+](=O)[O-])cc1OC. The minimum Gasteiger partial charge on any atom is -0.493 e. The molecule has 0 amide bonds. The molecule has 0 aromatic heterocycles. The Labute approximate surface area is 124 Å².